The zero-order valence-electron chi connectivity index (χ0n) is 16.0. The third-order valence-corrected chi connectivity index (χ3v) is 5.46. The summed E-state index contributed by atoms with van der Waals surface area (Å²) in [4.78, 5) is 0. The molecule has 0 fully saturated rings. The molecule has 28 heavy (non-hydrogen) atoms. The van der Waals surface area contributed by atoms with Gasteiger partial charge in [0.25, 0.3) is 0 Å². The number of hydrogen-bond donors (Lipinski definition) is 2. The second-order valence-corrected chi connectivity index (χ2v) is 8.18. The van der Waals surface area contributed by atoms with E-state index >= 15 is 0 Å². The van der Waals surface area contributed by atoms with Crippen molar-refractivity contribution in [3.8, 4) is 11.8 Å². The summed E-state index contributed by atoms with van der Waals surface area (Å²) < 4.78 is 6.91. The van der Waals surface area contributed by atoms with Gasteiger partial charge in [0.1, 0.15) is 24.5 Å². The van der Waals surface area contributed by atoms with Crippen molar-refractivity contribution in [2.75, 3.05) is 13.2 Å². The molecule has 0 radical (unpaired) electrons. The number of aliphatic hydroxyl groups is 1. The van der Waals surface area contributed by atoms with Crippen LogP contribution in [-0.4, -0.2) is 29.9 Å². The largest absolute Gasteiger partial charge is 0.489 e. The van der Waals surface area contributed by atoms with Gasteiger partial charge in [-0.1, -0.05) is 30.3 Å². The van der Waals surface area contributed by atoms with Gasteiger partial charge >= 0.3 is 0 Å². The molecular formula is C22H25ClN2O2S. The molecular weight excluding hydrogens is 392 g/mol. The van der Waals surface area contributed by atoms with E-state index < -0.39 is 6.10 Å². The van der Waals surface area contributed by atoms with Crippen LogP contribution in [0.15, 0.2) is 53.9 Å². The molecule has 4 nitrogen and oxygen atoms in total. The molecule has 2 aromatic carbocycles. The van der Waals surface area contributed by atoms with Crippen LogP contribution in [0.1, 0.15) is 25.0 Å². The Morgan fingerprint density at radius 3 is 2.68 bits per heavy atom. The molecule has 0 saturated carbocycles. The highest BCUT2D eigenvalue weighted by molar-refractivity contribution is 7.17. The van der Waals surface area contributed by atoms with Crippen molar-refractivity contribution in [3.63, 3.8) is 0 Å². The number of hydrogen-bond acceptors (Lipinski definition) is 5. The quantitative estimate of drug-likeness (QED) is 0.565. The molecule has 1 unspecified atom stereocenters. The molecule has 2 N–H and O–H groups in total. The van der Waals surface area contributed by atoms with Gasteiger partial charge in [0, 0.05) is 16.8 Å². The summed E-state index contributed by atoms with van der Waals surface area (Å²) >= 11 is 1.76. The van der Waals surface area contributed by atoms with Gasteiger partial charge in [-0.15, -0.1) is 23.7 Å². The van der Waals surface area contributed by atoms with Crippen LogP contribution in [0.3, 0.4) is 0 Å². The molecule has 0 aliphatic rings. The smallest absolute Gasteiger partial charge is 0.137 e. The molecule has 148 valence electrons. The Balaban J connectivity index is 0.00000280. The number of nitrogens with zero attached hydrogens (tertiary/aromatic N) is 1. The molecule has 3 rings (SSSR count). The van der Waals surface area contributed by atoms with Gasteiger partial charge in [-0.3, -0.25) is 0 Å². The number of rotatable bonds is 8. The maximum Gasteiger partial charge on any atom is 0.137 e. The first-order valence-corrected chi connectivity index (χ1v) is 9.86. The Kier molecular flexibility index (Phi) is 7.85. The van der Waals surface area contributed by atoms with Gasteiger partial charge in [-0.2, -0.15) is 5.26 Å². The average molecular weight is 417 g/mol. The van der Waals surface area contributed by atoms with E-state index in [1.807, 2.05) is 6.07 Å². The molecule has 1 atom stereocenters. The standard InChI is InChI=1S/C22H24N2O2S.ClH/c1-22(2,11-17-15-27-21-10-6-4-8-19(17)21)24-13-18(25)14-26-20-9-5-3-7-16(20)12-23;/h3-10,15,18,24-25H,11,13-14H2,1-2H3;1H. The number of para-hydroxylation sites is 1. The summed E-state index contributed by atoms with van der Waals surface area (Å²) in [6.45, 7) is 4.84. The lowest BCUT2D eigenvalue weighted by atomic mass is 9.94. The number of aliphatic hydroxyl groups excluding tert-OH is 1. The monoisotopic (exact) mass is 416 g/mol. The van der Waals surface area contributed by atoms with Crippen LogP contribution < -0.4 is 10.1 Å². The van der Waals surface area contributed by atoms with Crippen molar-refractivity contribution in [2.45, 2.75) is 31.9 Å². The lowest BCUT2D eigenvalue weighted by Crippen LogP contribution is -2.46. The first-order chi connectivity index (χ1) is 13.0. The highest BCUT2D eigenvalue weighted by atomic mass is 35.5. The fraction of sp³-hybridized carbons (Fsp3) is 0.318. The summed E-state index contributed by atoms with van der Waals surface area (Å²) in [5.41, 5.74) is 1.64. The van der Waals surface area contributed by atoms with E-state index in [1.165, 1.54) is 15.6 Å². The Hall–Kier alpha value is -2.10. The van der Waals surface area contributed by atoms with E-state index in [2.05, 4.69) is 54.9 Å². The highest BCUT2D eigenvalue weighted by Crippen LogP contribution is 2.28. The van der Waals surface area contributed by atoms with E-state index in [0.717, 1.165) is 6.42 Å². The second kappa shape index (κ2) is 9.90. The summed E-state index contributed by atoms with van der Waals surface area (Å²) in [6, 6.07) is 17.6. The number of β-amino-alcohol motifs (C(OH)–C–C–N with tert-alkyl or cyclic N) is 1. The number of benzene rings is 2. The van der Waals surface area contributed by atoms with Crippen molar-refractivity contribution in [1.82, 2.24) is 5.32 Å². The summed E-state index contributed by atoms with van der Waals surface area (Å²) in [5, 5.41) is 26.3. The number of ether oxygens (including phenoxy) is 1. The minimum atomic E-state index is -0.657. The third kappa shape index (κ3) is 5.70. The normalized spacial score (nSPS) is 12.2. The molecule has 1 aromatic heterocycles. The van der Waals surface area contributed by atoms with Crippen LogP contribution >= 0.6 is 23.7 Å². The number of halogens is 1. The number of fused-ring (bicyclic) bond motifs is 1. The lowest BCUT2D eigenvalue weighted by molar-refractivity contribution is 0.0987. The first kappa shape index (κ1) is 22.2. The molecule has 1 heterocycles. The van der Waals surface area contributed by atoms with Gasteiger partial charge in [-0.25, -0.2) is 0 Å². The number of nitrogens with one attached hydrogen (secondary N) is 1. The maximum atomic E-state index is 10.3. The molecule has 0 saturated heterocycles. The molecule has 0 amide bonds. The Morgan fingerprint density at radius 2 is 1.89 bits per heavy atom. The van der Waals surface area contributed by atoms with E-state index in [1.54, 1.807) is 29.5 Å². The van der Waals surface area contributed by atoms with Crippen LogP contribution in [0.25, 0.3) is 10.1 Å². The topological polar surface area (TPSA) is 65.3 Å². The summed E-state index contributed by atoms with van der Waals surface area (Å²) in [6.07, 6.45) is 0.220. The molecule has 0 aliphatic carbocycles. The number of thiophene rings is 1. The molecule has 0 bridgehead atoms. The Morgan fingerprint density at radius 1 is 1.18 bits per heavy atom. The van der Waals surface area contributed by atoms with E-state index in [0.29, 0.717) is 17.9 Å². The van der Waals surface area contributed by atoms with Crippen LogP contribution in [0.5, 0.6) is 5.75 Å². The van der Waals surface area contributed by atoms with Crippen LogP contribution in [-0.2, 0) is 6.42 Å². The van der Waals surface area contributed by atoms with Crippen LogP contribution in [0, 0.1) is 11.3 Å². The van der Waals surface area contributed by atoms with Gasteiger partial charge in [0.15, 0.2) is 0 Å². The first-order valence-electron chi connectivity index (χ1n) is 8.98. The Labute approximate surface area is 176 Å². The zero-order valence-corrected chi connectivity index (χ0v) is 17.6. The van der Waals surface area contributed by atoms with Crippen LogP contribution in [0.2, 0.25) is 0 Å². The van der Waals surface area contributed by atoms with Crippen molar-refractivity contribution in [2.24, 2.45) is 0 Å². The van der Waals surface area contributed by atoms with Gasteiger partial charge < -0.3 is 15.2 Å². The fourth-order valence-corrected chi connectivity index (χ4v) is 3.99. The SMILES string of the molecule is CC(C)(Cc1csc2ccccc12)NCC(O)COc1ccccc1C#N.Cl. The molecule has 0 spiro atoms. The summed E-state index contributed by atoms with van der Waals surface area (Å²) in [7, 11) is 0. The van der Waals surface area contributed by atoms with E-state index in [-0.39, 0.29) is 24.6 Å². The summed E-state index contributed by atoms with van der Waals surface area (Å²) in [5.74, 6) is 0.503. The van der Waals surface area contributed by atoms with Crippen molar-refractivity contribution in [3.05, 3.63) is 65.0 Å². The van der Waals surface area contributed by atoms with Crippen molar-refractivity contribution >= 4 is 33.8 Å². The minimum Gasteiger partial charge on any atom is -0.489 e. The fourth-order valence-electron chi connectivity index (χ4n) is 3.03. The lowest BCUT2D eigenvalue weighted by Gasteiger charge is -2.28. The zero-order chi connectivity index (χ0) is 19.3. The molecule has 6 heteroatoms. The number of nitriles is 1. The minimum absolute atomic E-state index is 0. The predicted molar refractivity (Wildman–Crippen MR) is 118 cm³/mol. The average Bonchev–Trinajstić information content (AvgIpc) is 3.07. The van der Waals surface area contributed by atoms with E-state index in [9.17, 15) is 5.11 Å². The predicted octanol–water partition coefficient (Wildman–Crippen LogP) is 4.55. The third-order valence-electron chi connectivity index (χ3n) is 4.45. The van der Waals surface area contributed by atoms with Crippen LogP contribution in [0.4, 0.5) is 0 Å². The second-order valence-electron chi connectivity index (χ2n) is 7.27. The van der Waals surface area contributed by atoms with Crippen molar-refractivity contribution < 1.29 is 9.84 Å². The van der Waals surface area contributed by atoms with Gasteiger partial charge in [0.05, 0.1) is 5.56 Å². The van der Waals surface area contributed by atoms with Gasteiger partial charge in [0.2, 0.25) is 0 Å². The molecule has 0 aliphatic heterocycles. The maximum absolute atomic E-state index is 10.3. The van der Waals surface area contributed by atoms with Crippen molar-refractivity contribution in [1.29, 1.82) is 5.26 Å². The highest BCUT2D eigenvalue weighted by Gasteiger charge is 2.21. The Bertz CT molecular complexity index is 949. The van der Waals surface area contributed by atoms with E-state index in [4.69, 9.17) is 10.00 Å². The molecule has 3 aromatic rings. The van der Waals surface area contributed by atoms with Gasteiger partial charge in [-0.05, 0) is 54.8 Å².